The number of fused-ring (bicyclic) bond motifs is 1. The van der Waals surface area contributed by atoms with Crippen LogP contribution >= 0.6 is 23.7 Å². The minimum Gasteiger partial charge on any atom is -0.332 e. The Bertz CT molecular complexity index is 722. The van der Waals surface area contributed by atoms with Crippen LogP contribution in [0.2, 0.25) is 0 Å². The van der Waals surface area contributed by atoms with Gasteiger partial charge in [-0.05, 0) is 56.3 Å². The number of halogens is 1. The van der Waals surface area contributed by atoms with Gasteiger partial charge in [-0.1, -0.05) is 5.21 Å². The van der Waals surface area contributed by atoms with Crippen molar-refractivity contribution in [1.82, 2.24) is 25.2 Å². The molecule has 0 unspecified atom stereocenters. The minimum atomic E-state index is 0. The molecule has 1 saturated heterocycles. The van der Waals surface area contributed by atoms with Crippen molar-refractivity contribution in [3.63, 3.8) is 0 Å². The molecule has 130 valence electrons. The standard InChI is InChI=1S/C16H21N5OS.ClH/c1-11-15(18-19-21(11)13-2-6-17-7-3-13)16(22)20-8-4-14-12(10-20)5-9-23-14;/h5,9,13,17H,2-4,6-8,10H2,1H3;1H. The molecule has 2 aromatic heterocycles. The van der Waals surface area contributed by atoms with Crippen molar-refractivity contribution in [2.24, 2.45) is 0 Å². The summed E-state index contributed by atoms with van der Waals surface area (Å²) in [6.07, 6.45) is 3.03. The zero-order valence-electron chi connectivity index (χ0n) is 13.7. The fourth-order valence-electron chi connectivity index (χ4n) is 3.51. The van der Waals surface area contributed by atoms with E-state index < -0.39 is 0 Å². The Labute approximate surface area is 151 Å². The van der Waals surface area contributed by atoms with Crippen LogP contribution in [0.4, 0.5) is 0 Å². The van der Waals surface area contributed by atoms with Crippen LogP contribution in [0.3, 0.4) is 0 Å². The molecule has 0 aromatic carbocycles. The van der Waals surface area contributed by atoms with Gasteiger partial charge in [-0.3, -0.25) is 4.79 Å². The first-order chi connectivity index (χ1) is 11.2. The van der Waals surface area contributed by atoms with Crippen LogP contribution in [0.25, 0.3) is 0 Å². The third-order valence-corrected chi connectivity index (χ3v) is 5.90. The topological polar surface area (TPSA) is 63.1 Å². The molecule has 0 bridgehead atoms. The first-order valence-electron chi connectivity index (χ1n) is 8.21. The number of hydrogen-bond acceptors (Lipinski definition) is 5. The summed E-state index contributed by atoms with van der Waals surface area (Å²) < 4.78 is 1.95. The van der Waals surface area contributed by atoms with Crippen molar-refractivity contribution in [3.8, 4) is 0 Å². The molecular formula is C16H22ClN5OS. The van der Waals surface area contributed by atoms with Gasteiger partial charge in [0.15, 0.2) is 5.69 Å². The zero-order chi connectivity index (χ0) is 15.8. The van der Waals surface area contributed by atoms with E-state index in [1.54, 1.807) is 11.3 Å². The molecule has 1 fully saturated rings. The highest BCUT2D eigenvalue weighted by molar-refractivity contribution is 7.10. The molecule has 2 aromatic rings. The summed E-state index contributed by atoms with van der Waals surface area (Å²) in [6, 6.07) is 2.48. The van der Waals surface area contributed by atoms with E-state index in [0.717, 1.165) is 44.6 Å². The zero-order valence-corrected chi connectivity index (χ0v) is 15.3. The average Bonchev–Trinajstić information content (AvgIpc) is 3.20. The van der Waals surface area contributed by atoms with Gasteiger partial charge in [0.05, 0.1) is 11.7 Å². The number of amides is 1. The summed E-state index contributed by atoms with van der Waals surface area (Å²) in [6.45, 7) is 5.43. The predicted molar refractivity (Wildman–Crippen MR) is 95.9 cm³/mol. The van der Waals surface area contributed by atoms with Crippen molar-refractivity contribution in [1.29, 1.82) is 0 Å². The maximum absolute atomic E-state index is 12.8. The van der Waals surface area contributed by atoms with Gasteiger partial charge >= 0.3 is 0 Å². The molecule has 0 radical (unpaired) electrons. The van der Waals surface area contributed by atoms with Crippen LogP contribution in [0.5, 0.6) is 0 Å². The number of nitrogens with one attached hydrogen (secondary N) is 1. The van der Waals surface area contributed by atoms with Gasteiger partial charge in [-0.25, -0.2) is 4.68 Å². The molecule has 8 heteroatoms. The van der Waals surface area contributed by atoms with Crippen molar-refractivity contribution >= 4 is 29.7 Å². The lowest BCUT2D eigenvalue weighted by molar-refractivity contribution is 0.0729. The molecule has 6 nitrogen and oxygen atoms in total. The number of thiophene rings is 1. The number of carbonyl (C=O) groups is 1. The van der Waals surface area contributed by atoms with Crippen LogP contribution in [0.1, 0.15) is 45.5 Å². The maximum Gasteiger partial charge on any atom is 0.276 e. The van der Waals surface area contributed by atoms with Crippen LogP contribution in [0, 0.1) is 6.92 Å². The van der Waals surface area contributed by atoms with E-state index >= 15 is 0 Å². The van der Waals surface area contributed by atoms with Gasteiger partial charge in [0.25, 0.3) is 5.91 Å². The number of aromatic nitrogens is 3. The Balaban J connectivity index is 0.00000169. The number of rotatable bonds is 2. The van der Waals surface area contributed by atoms with Gasteiger partial charge in [-0.15, -0.1) is 28.8 Å². The molecule has 1 amide bonds. The third kappa shape index (κ3) is 3.08. The first-order valence-corrected chi connectivity index (χ1v) is 9.09. The van der Waals surface area contributed by atoms with E-state index in [0.29, 0.717) is 18.3 Å². The van der Waals surface area contributed by atoms with Crippen LogP contribution < -0.4 is 5.32 Å². The van der Waals surface area contributed by atoms with Crippen LogP contribution in [0.15, 0.2) is 11.4 Å². The Morgan fingerprint density at radius 2 is 2.17 bits per heavy atom. The predicted octanol–water partition coefficient (Wildman–Crippen LogP) is 2.19. The molecule has 2 aliphatic heterocycles. The minimum absolute atomic E-state index is 0. The molecule has 0 spiro atoms. The van der Waals surface area contributed by atoms with Crippen molar-refractivity contribution < 1.29 is 4.79 Å². The lowest BCUT2D eigenvalue weighted by atomic mass is 10.1. The Hall–Kier alpha value is -1.44. The van der Waals surface area contributed by atoms with Crippen LogP contribution in [-0.4, -0.2) is 45.4 Å². The van der Waals surface area contributed by atoms with Gasteiger partial charge in [0.1, 0.15) is 0 Å². The molecule has 0 saturated carbocycles. The number of piperidine rings is 1. The van der Waals surface area contributed by atoms with Crippen molar-refractivity contribution in [2.75, 3.05) is 19.6 Å². The van der Waals surface area contributed by atoms with Gasteiger partial charge in [0, 0.05) is 18.0 Å². The SMILES string of the molecule is Cc1c(C(=O)N2CCc3sccc3C2)nnn1C1CCNCC1.Cl. The lowest BCUT2D eigenvalue weighted by Gasteiger charge is -2.26. The molecule has 1 N–H and O–H groups in total. The molecule has 24 heavy (non-hydrogen) atoms. The Kier molecular flexibility index (Phi) is 5.22. The van der Waals surface area contributed by atoms with Gasteiger partial charge in [0.2, 0.25) is 0 Å². The van der Waals surface area contributed by atoms with Crippen molar-refractivity contribution in [3.05, 3.63) is 33.3 Å². The first kappa shape index (κ1) is 17.4. The lowest BCUT2D eigenvalue weighted by Crippen LogP contribution is -2.36. The summed E-state index contributed by atoms with van der Waals surface area (Å²) in [4.78, 5) is 16.2. The summed E-state index contributed by atoms with van der Waals surface area (Å²) in [7, 11) is 0. The third-order valence-electron chi connectivity index (χ3n) is 4.88. The molecule has 0 atom stereocenters. The fourth-order valence-corrected chi connectivity index (χ4v) is 4.40. The second kappa shape index (κ2) is 7.21. The van der Waals surface area contributed by atoms with Crippen molar-refractivity contribution in [2.45, 2.75) is 38.8 Å². The number of carbonyl (C=O) groups excluding carboxylic acids is 1. The Morgan fingerprint density at radius 3 is 2.96 bits per heavy atom. The second-order valence-electron chi connectivity index (χ2n) is 6.29. The summed E-state index contributed by atoms with van der Waals surface area (Å²) in [5.74, 6) is 0.0135. The Morgan fingerprint density at radius 1 is 1.38 bits per heavy atom. The van der Waals surface area contributed by atoms with E-state index in [2.05, 4.69) is 27.1 Å². The summed E-state index contributed by atoms with van der Waals surface area (Å²) in [5, 5.41) is 14.0. The normalized spacial score (nSPS) is 18.1. The van der Waals surface area contributed by atoms with E-state index in [1.165, 1.54) is 10.4 Å². The molecule has 2 aliphatic rings. The fraction of sp³-hybridized carbons (Fsp3) is 0.562. The molecular weight excluding hydrogens is 346 g/mol. The van der Waals surface area contributed by atoms with Gasteiger partial charge < -0.3 is 10.2 Å². The van der Waals surface area contributed by atoms with E-state index in [4.69, 9.17) is 0 Å². The highest BCUT2D eigenvalue weighted by Crippen LogP contribution is 2.26. The largest absolute Gasteiger partial charge is 0.332 e. The highest BCUT2D eigenvalue weighted by Gasteiger charge is 2.28. The van der Waals surface area contributed by atoms with E-state index in [1.807, 2.05) is 16.5 Å². The smallest absolute Gasteiger partial charge is 0.276 e. The quantitative estimate of drug-likeness (QED) is 0.883. The molecule has 4 rings (SSSR count). The van der Waals surface area contributed by atoms with Gasteiger partial charge in [-0.2, -0.15) is 0 Å². The molecule has 4 heterocycles. The van der Waals surface area contributed by atoms with E-state index in [-0.39, 0.29) is 18.3 Å². The maximum atomic E-state index is 12.8. The second-order valence-corrected chi connectivity index (χ2v) is 7.30. The summed E-state index contributed by atoms with van der Waals surface area (Å²) in [5.41, 5.74) is 2.69. The highest BCUT2D eigenvalue weighted by atomic mass is 35.5. The number of hydrogen-bond donors (Lipinski definition) is 1. The number of nitrogens with zero attached hydrogens (tertiary/aromatic N) is 4. The average molecular weight is 368 g/mol. The monoisotopic (exact) mass is 367 g/mol. The van der Waals surface area contributed by atoms with Crippen LogP contribution in [-0.2, 0) is 13.0 Å². The van der Waals surface area contributed by atoms with E-state index in [9.17, 15) is 4.79 Å². The molecule has 0 aliphatic carbocycles. The summed E-state index contributed by atoms with van der Waals surface area (Å²) >= 11 is 1.79.